The molecule has 1 saturated carbocycles. The van der Waals surface area contributed by atoms with E-state index in [1.165, 1.54) is 25.7 Å². The zero-order chi connectivity index (χ0) is 11.5. The second kappa shape index (κ2) is 4.73. The van der Waals surface area contributed by atoms with Crippen molar-refractivity contribution in [2.75, 3.05) is 17.2 Å². The van der Waals surface area contributed by atoms with Crippen LogP contribution in [0.1, 0.15) is 38.2 Å². The number of aryl methyl sites for hydroxylation is 1. The van der Waals surface area contributed by atoms with Crippen LogP contribution in [0.4, 0.5) is 11.5 Å². The third-order valence-electron chi connectivity index (χ3n) is 3.04. The van der Waals surface area contributed by atoms with Gasteiger partial charge in [0.15, 0.2) is 5.82 Å². The predicted octanol–water partition coefficient (Wildman–Crippen LogP) is 2.74. The van der Waals surface area contributed by atoms with Crippen molar-refractivity contribution in [1.29, 1.82) is 0 Å². The lowest BCUT2D eigenvalue weighted by molar-refractivity contribution is 0.705. The first-order valence-corrected chi connectivity index (χ1v) is 6.21. The standard InChI is InChI=1S/C13H21N3/c1-3-4-7-16(11-5-6-11)13-12(14)8-10(2)9-15-13/h8-9,11H,3-7,14H2,1-2H3. The minimum Gasteiger partial charge on any atom is -0.396 e. The smallest absolute Gasteiger partial charge is 0.152 e. The summed E-state index contributed by atoms with van der Waals surface area (Å²) in [6, 6.07) is 2.70. The van der Waals surface area contributed by atoms with Gasteiger partial charge in [-0.1, -0.05) is 13.3 Å². The van der Waals surface area contributed by atoms with E-state index in [0.29, 0.717) is 6.04 Å². The highest BCUT2D eigenvalue weighted by atomic mass is 15.2. The molecule has 1 aliphatic carbocycles. The number of hydrogen-bond donors (Lipinski definition) is 1. The fraction of sp³-hybridized carbons (Fsp3) is 0.615. The Bertz CT molecular complexity index is 358. The number of unbranched alkanes of at least 4 members (excludes halogenated alkanes) is 1. The van der Waals surface area contributed by atoms with E-state index in [-0.39, 0.29) is 0 Å². The monoisotopic (exact) mass is 219 g/mol. The SMILES string of the molecule is CCCCN(c1ncc(C)cc1N)C1CC1. The molecular formula is C13H21N3. The lowest BCUT2D eigenvalue weighted by atomic mass is 10.2. The van der Waals surface area contributed by atoms with E-state index in [4.69, 9.17) is 5.73 Å². The van der Waals surface area contributed by atoms with Gasteiger partial charge in [0.05, 0.1) is 5.69 Å². The van der Waals surface area contributed by atoms with E-state index in [2.05, 4.69) is 16.8 Å². The average Bonchev–Trinajstić information content (AvgIpc) is 3.05. The van der Waals surface area contributed by atoms with Crippen LogP contribution in [0.5, 0.6) is 0 Å². The maximum atomic E-state index is 6.06. The van der Waals surface area contributed by atoms with Gasteiger partial charge in [0, 0.05) is 18.8 Å². The molecule has 1 aromatic rings. The molecule has 0 aromatic carbocycles. The Morgan fingerprint density at radius 1 is 1.50 bits per heavy atom. The number of nitrogens with two attached hydrogens (primary N) is 1. The second-order valence-electron chi connectivity index (χ2n) is 4.70. The number of rotatable bonds is 5. The quantitative estimate of drug-likeness (QED) is 0.828. The van der Waals surface area contributed by atoms with Gasteiger partial charge in [-0.2, -0.15) is 0 Å². The van der Waals surface area contributed by atoms with Gasteiger partial charge >= 0.3 is 0 Å². The van der Waals surface area contributed by atoms with Gasteiger partial charge in [-0.25, -0.2) is 4.98 Å². The Labute approximate surface area is 97.7 Å². The molecule has 3 heteroatoms. The van der Waals surface area contributed by atoms with Gasteiger partial charge in [-0.15, -0.1) is 0 Å². The molecule has 2 rings (SSSR count). The van der Waals surface area contributed by atoms with E-state index in [1.807, 2.05) is 19.2 Å². The van der Waals surface area contributed by atoms with Crippen molar-refractivity contribution in [1.82, 2.24) is 4.98 Å². The first kappa shape index (κ1) is 11.2. The molecule has 1 fully saturated rings. The topological polar surface area (TPSA) is 42.2 Å². The molecule has 1 aliphatic rings. The van der Waals surface area contributed by atoms with Crippen LogP contribution in [0.3, 0.4) is 0 Å². The summed E-state index contributed by atoms with van der Waals surface area (Å²) < 4.78 is 0. The van der Waals surface area contributed by atoms with E-state index in [0.717, 1.165) is 23.6 Å². The molecule has 0 bridgehead atoms. The zero-order valence-electron chi connectivity index (χ0n) is 10.2. The van der Waals surface area contributed by atoms with Gasteiger partial charge in [0.25, 0.3) is 0 Å². The van der Waals surface area contributed by atoms with Crippen molar-refractivity contribution in [3.8, 4) is 0 Å². The van der Waals surface area contributed by atoms with Gasteiger partial charge in [0.1, 0.15) is 0 Å². The highest BCUT2D eigenvalue weighted by molar-refractivity contribution is 5.64. The molecule has 0 radical (unpaired) electrons. The highest BCUT2D eigenvalue weighted by Crippen LogP contribution is 2.33. The largest absolute Gasteiger partial charge is 0.396 e. The Morgan fingerprint density at radius 2 is 2.25 bits per heavy atom. The molecule has 0 atom stereocenters. The summed E-state index contributed by atoms with van der Waals surface area (Å²) >= 11 is 0. The summed E-state index contributed by atoms with van der Waals surface area (Å²) in [5, 5.41) is 0. The van der Waals surface area contributed by atoms with Crippen molar-refractivity contribution >= 4 is 11.5 Å². The maximum absolute atomic E-state index is 6.06. The number of hydrogen-bond acceptors (Lipinski definition) is 3. The van der Waals surface area contributed by atoms with Gasteiger partial charge < -0.3 is 10.6 Å². The van der Waals surface area contributed by atoms with E-state index in [1.54, 1.807) is 0 Å². The lowest BCUT2D eigenvalue weighted by Crippen LogP contribution is -2.28. The number of anilines is 2. The fourth-order valence-electron chi connectivity index (χ4n) is 2.00. The highest BCUT2D eigenvalue weighted by Gasteiger charge is 2.30. The first-order valence-electron chi connectivity index (χ1n) is 6.21. The van der Waals surface area contributed by atoms with E-state index < -0.39 is 0 Å². The van der Waals surface area contributed by atoms with Crippen LogP contribution in [0, 0.1) is 6.92 Å². The third kappa shape index (κ3) is 2.46. The molecule has 0 spiro atoms. The van der Waals surface area contributed by atoms with Crippen molar-refractivity contribution in [2.45, 2.75) is 45.6 Å². The number of aromatic nitrogens is 1. The Kier molecular flexibility index (Phi) is 3.32. The molecule has 0 saturated heterocycles. The molecule has 88 valence electrons. The average molecular weight is 219 g/mol. The maximum Gasteiger partial charge on any atom is 0.152 e. The molecule has 0 amide bonds. The van der Waals surface area contributed by atoms with Crippen LogP contribution in [-0.2, 0) is 0 Å². The molecule has 3 nitrogen and oxygen atoms in total. The fourth-order valence-corrected chi connectivity index (χ4v) is 2.00. The summed E-state index contributed by atoms with van der Waals surface area (Å²) in [5.41, 5.74) is 8.01. The summed E-state index contributed by atoms with van der Waals surface area (Å²) in [6.45, 7) is 5.33. The van der Waals surface area contributed by atoms with E-state index >= 15 is 0 Å². The third-order valence-corrected chi connectivity index (χ3v) is 3.04. The Morgan fingerprint density at radius 3 is 2.81 bits per heavy atom. The van der Waals surface area contributed by atoms with Crippen LogP contribution in [0.25, 0.3) is 0 Å². The molecule has 1 aromatic heterocycles. The molecule has 0 aliphatic heterocycles. The Hall–Kier alpha value is -1.25. The zero-order valence-corrected chi connectivity index (χ0v) is 10.2. The predicted molar refractivity (Wildman–Crippen MR) is 68.7 cm³/mol. The summed E-state index contributed by atoms with van der Waals surface area (Å²) in [7, 11) is 0. The number of nitrogens with zero attached hydrogens (tertiary/aromatic N) is 2. The second-order valence-corrected chi connectivity index (χ2v) is 4.70. The number of nitrogen functional groups attached to an aromatic ring is 1. The van der Waals surface area contributed by atoms with E-state index in [9.17, 15) is 0 Å². The van der Waals surface area contributed by atoms with Crippen LogP contribution in [-0.4, -0.2) is 17.6 Å². The van der Waals surface area contributed by atoms with Crippen LogP contribution < -0.4 is 10.6 Å². The minimum absolute atomic E-state index is 0.684. The molecular weight excluding hydrogens is 198 g/mol. The number of pyridine rings is 1. The van der Waals surface area contributed by atoms with Crippen molar-refractivity contribution < 1.29 is 0 Å². The molecule has 0 unspecified atom stereocenters. The normalized spacial score (nSPS) is 15.1. The van der Waals surface area contributed by atoms with Crippen molar-refractivity contribution in [2.24, 2.45) is 0 Å². The summed E-state index contributed by atoms with van der Waals surface area (Å²) in [5.74, 6) is 0.988. The van der Waals surface area contributed by atoms with Gasteiger partial charge in [0.2, 0.25) is 0 Å². The molecule has 1 heterocycles. The summed E-state index contributed by atoms with van der Waals surface area (Å²) in [4.78, 5) is 6.88. The van der Waals surface area contributed by atoms with Crippen LogP contribution in [0.2, 0.25) is 0 Å². The van der Waals surface area contributed by atoms with Gasteiger partial charge in [-0.3, -0.25) is 0 Å². The van der Waals surface area contributed by atoms with Crippen molar-refractivity contribution in [3.05, 3.63) is 17.8 Å². The van der Waals surface area contributed by atoms with Crippen LogP contribution in [0.15, 0.2) is 12.3 Å². The van der Waals surface area contributed by atoms with Crippen molar-refractivity contribution in [3.63, 3.8) is 0 Å². The molecule has 2 N–H and O–H groups in total. The lowest BCUT2D eigenvalue weighted by Gasteiger charge is -2.24. The minimum atomic E-state index is 0.684. The Balaban J connectivity index is 2.17. The van der Waals surface area contributed by atoms with Crippen LogP contribution >= 0.6 is 0 Å². The molecule has 16 heavy (non-hydrogen) atoms. The summed E-state index contributed by atoms with van der Waals surface area (Å²) in [6.07, 6.45) is 6.92. The van der Waals surface area contributed by atoms with Gasteiger partial charge in [-0.05, 0) is 37.8 Å². The first-order chi connectivity index (χ1) is 7.72.